The third-order valence-electron chi connectivity index (χ3n) is 3.13. The fraction of sp³-hybridized carbons (Fsp3) is 0.176. The number of hydrogen-bond donors (Lipinski definition) is 2. The minimum Gasteiger partial charge on any atom is -0.352 e. The highest BCUT2D eigenvalue weighted by molar-refractivity contribution is 6.35. The minimum absolute atomic E-state index is 0.140. The minimum atomic E-state index is -0.194. The first-order chi connectivity index (χ1) is 11.0. The van der Waals surface area contributed by atoms with Gasteiger partial charge >= 0.3 is 0 Å². The molecule has 2 rings (SSSR count). The topological polar surface area (TPSA) is 58.2 Å². The zero-order chi connectivity index (χ0) is 16.8. The average molecular weight is 351 g/mol. The maximum Gasteiger partial charge on any atom is 0.251 e. The second-order valence-corrected chi connectivity index (χ2v) is 5.74. The van der Waals surface area contributed by atoms with Crippen LogP contribution in [0.25, 0.3) is 0 Å². The Hall–Kier alpha value is -2.04. The van der Waals surface area contributed by atoms with E-state index >= 15 is 0 Å². The van der Waals surface area contributed by atoms with Crippen molar-refractivity contribution in [3.8, 4) is 0 Å². The van der Waals surface area contributed by atoms with Crippen molar-refractivity contribution in [2.75, 3.05) is 11.9 Å². The molecule has 2 aromatic carbocycles. The van der Waals surface area contributed by atoms with Gasteiger partial charge in [-0.05, 0) is 48.9 Å². The van der Waals surface area contributed by atoms with Gasteiger partial charge in [0.2, 0.25) is 5.91 Å². The summed E-state index contributed by atoms with van der Waals surface area (Å²) in [4.78, 5) is 23.7. The lowest BCUT2D eigenvalue weighted by Crippen LogP contribution is -2.22. The van der Waals surface area contributed by atoms with Crippen LogP contribution in [-0.4, -0.2) is 18.4 Å². The Morgan fingerprint density at radius 2 is 1.74 bits per heavy atom. The average Bonchev–Trinajstić information content (AvgIpc) is 2.51. The molecule has 2 amide bonds. The largest absolute Gasteiger partial charge is 0.352 e. The summed E-state index contributed by atoms with van der Waals surface area (Å²) in [6.45, 7) is 2.42. The van der Waals surface area contributed by atoms with Crippen LogP contribution in [0.5, 0.6) is 0 Å². The predicted molar refractivity (Wildman–Crippen MR) is 93.2 cm³/mol. The van der Waals surface area contributed by atoms with Gasteiger partial charge in [0.15, 0.2) is 0 Å². The van der Waals surface area contributed by atoms with Crippen LogP contribution in [0.2, 0.25) is 10.0 Å². The van der Waals surface area contributed by atoms with Crippen molar-refractivity contribution in [2.24, 2.45) is 0 Å². The van der Waals surface area contributed by atoms with Gasteiger partial charge in [-0.25, -0.2) is 0 Å². The molecule has 0 heterocycles. The molecule has 4 nitrogen and oxygen atoms in total. The maximum absolute atomic E-state index is 12.1. The lowest BCUT2D eigenvalue weighted by molar-refractivity contribution is -0.115. The van der Waals surface area contributed by atoms with E-state index < -0.39 is 0 Å². The van der Waals surface area contributed by atoms with Crippen LogP contribution in [0, 0.1) is 0 Å². The lowest BCUT2D eigenvalue weighted by atomic mass is 10.1. The van der Waals surface area contributed by atoms with Crippen LogP contribution in [0.4, 0.5) is 5.69 Å². The molecule has 0 aromatic heterocycles. The normalized spacial score (nSPS) is 10.2. The molecule has 0 aliphatic heterocycles. The fourth-order valence-corrected chi connectivity index (χ4v) is 2.49. The van der Waals surface area contributed by atoms with E-state index in [9.17, 15) is 9.59 Å². The van der Waals surface area contributed by atoms with Gasteiger partial charge in [0.25, 0.3) is 5.91 Å². The summed E-state index contributed by atoms with van der Waals surface area (Å²) in [5.74, 6) is -0.335. The molecule has 23 heavy (non-hydrogen) atoms. The van der Waals surface area contributed by atoms with Crippen molar-refractivity contribution in [2.45, 2.75) is 13.3 Å². The first-order valence-electron chi connectivity index (χ1n) is 7.11. The van der Waals surface area contributed by atoms with Crippen molar-refractivity contribution in [3.05, 3.63) is 63.6 Å². The molecule has 0 spiro atoms. The van der Waals surface area contributed by atoms with Gasteiger partial charge in [-0.15, -0.1) is 0 Å². The first kappa shape index (κ1) is 17.3. The van der Waals surface area contributed by atoms with Gasteiger partial charge in [-0.1, -0.05) is 29.3 Å². The summed E-state index contributed by atoms with van der Waals surface area (Å²) in [6.07, 6.45) is 0.147. The highest BCUT2D eigenvalue weighted by atomic mass is 35.5. The van der Waals surface area contributed by atoms with E-state index in [1.165, 1.54) is 0 Å². The molecular formula is C17H16Cl2N2O2. The van der Waals surface area contributed by atoms with Crippen LogP contribution < -0.4 is 10.6 Å². The molecule has 0 unspecified atom stereocenters. The Morgan fingerprint density at radius 3 is 2.35 bits per heavy atom. The number of nitrogens with one attached hydrogen (secondary N) is 2. The quantitative estimate of drug-likeness (QED) is 0.858. The molecule has 2 N–H and O–H groups in total. The van der Waals surface area contributed by atoms with Crippen molar-refractivity contribution >= 4 is 40.7 Å². The van der Waals surface area contributed by atoms with Crippen molar-refractivity contribution in [1.82, 2.24) is 5.32 Å². The number of carbonyl (C=O) groups excluding carboxylic acids is 2. The highest BCUT2D eigenvalue weighted by Gasteiger charge is 2.09. The summed E-state index contributed by atoms with van der Waals surface area (Å²) < 4.78 is 0. The van der Waals surface area contributed by atoms with E-state index in [1.54, 1.807) is 42.5 Å². The molecular weight excluding hydrogens is 335 g/mol. The monoisotopic (exact) mass is 350 g/mol. The second-order valence-electron chi connectivity index (χ2n) is 4.90. The smallest absolute Gasteiger partial charge is 0.251 e. The predicted octanol–water partition coefficient (Wildman–Crippen LogP) is 3.92. The third kappa shape index (κ3) is 4.98. The molecule has 0 fully saturated rings. The fourth-order valence-electron chi connectivity index (χ4n) is 2.01. The van der Waals surface area contributed by atoms with Gasteiger partial charge in [0.1, 0.15) is 0 Å². The number of amides is 2. The standard InChI is InChI=1S/C17H16Cl2N2O2/c1-2-20-17(23)11-4-7-14(8-5-11)21-16(22)9-12-3-6-13(18)10-15(12)19/h3-8,10H,2,9H2,1H3,(H,20,23)(H,21,22). The zero-order valence-electron chi connectivity index (χ0n) is 12.5. The number of benzene rings is 2. The number of carbonyl (C=O) groups is 2. The SMILES string of the molecule is CCNC(=O)c1ccc(NC(=O)Cc2ccc(Cl)cc2Cl)cc1. The molecule has 0 saturated heterocycles. The van der Waals surface area contributed by atoms with Crippen LogP contribution >= 0.6 is 23.2 Å². The Kier molecular flexibility index (Phi) is 6.02. The molecule has 6 heteroatoms. The van der Waals surface area contributed by atoms with E-state index in [-0.39, 0.29) is 18.2 Å². The number of halogens is 2. The lowest BCUT2D eigenvalue weighted by Gasteiger charge is -2.08. The first-order valence-corrected chi connectivity index (χ1v) is 7.87. The van der Waals surface area contributed by atoms with E-state index in [4.69, 9.17) is 23.2 Å². The number of rotatable bonds is 5. The van der Waals surface area contributed by atoms with E-state index in [1.807, 2.05) is 6.92 Å². The maximum atomic E-state index is 12.1. The molecule has 0 aliphatic carbocycles. The molecule has 0 saturated carbocycles. The number of hydrogen-bond acceptors (Lipinski definition) is 2. The Morgan fingerprint density at radius 1 is 1.04 bits per heavy atom. The van der Waals surface area contributed by atoms with E-state index in [0.717, 1.165) is 0 Å². The van der Waals surface area contributed by atoms with Gasteiger partial charge < -0.3 is 10.6 Å². The Labute approximate surface area is 144 Å². The van der Waals surface area contributed by atoms with Crippen LogP contribution in [-0.2, 0) is 11.2 Å². The molecule has 120 valence electrons. The van der Waals surface area contributed by atoms with E-state index in [2.05, 4.69) is 10.6 Å². The van der Waals surface area contributed by atoms with Crippen LogP contribution in [0.3, 0.4) is 0 Å². The van der Waals surface area contributed by atoms with Crippen LogP contribution in [0.1, 0.15) is 22.8 Å². The van der Waals surface area contributed by atoms with Gasteiger partial charge in [0, 0.05) is 27.8 Å². The molecule has 0 bridgehead atoms. The second kappa shape index (κ2) is 7.99. The van der Waals surface area contributed by atoms with E-state index in [0.29, 0.717) is 33.4 Å². The summed E-state index contributed by atoms with van der Waals surface area (Å²) in [5.41, 5.74) is 1.87. The number of anilines is 1. The summed E-state index contributed by atoms with van der Waals surface area (Å²) in [7, 11) is 0. The van der Waals surface area contributed by atoms with Crippen molar-refractivity contribution in [1.29, 1.82) is 0 Å². The molecule has 0 atom stereocenters. The molecule has 2 aromatic rings. The van der Waals surface area contributed by atoms with Gasteiger partial charge in [-0.2, -0.15) is 0 Å². The summed E-state index contributed by atoms with van der Waals surface area (Å²) in [5, 5.41) is 6.47. The van der Waals surface area contributed by atoms with Crippen LogP contribution in [0.15, 0.2) is 42.5 Å². The zero-order valence-corrected chi connectivity index (χ0v) is 14.0. The molecule has 0 radical (unpaired) electrons. The Bertz CT molecular complexity index is 715. The van der Waals surface area contributed by atoms with Gasteiger partial charge in [0.05, 0.1) is 6.42 Å². The summed E-state index contributed by atoms with van der Waals surface area (Å²) in [6, 6.07) is 11.7. The van der Waals surface area contributed by atoms with Crippen molar-refractivity contribution in [3.63, 3.8) is 0 Å². The molecule has 0 aliphatic rings. The Balaban J connectivity index is 1.98. The third-order valence-corrected chi connectivity index (χ3v) is 3.72. The van der Waals surface area contributed by atoms with Crippen molar-refractivity contribution < 1.29 is 9.59 Å². The highest BCUT2D eigenvalue weighted by Crippen LogP contribution is 2.21. The summed E-state index contributed by atoms with van der Waals surface area (Å²) >= 11 is 11.9. The van der Waals surface area contributed by atoms with Gasteiger partial charge in [-0.3, -0.25) is 9.59 Å².